The summed E-state index contributed by atoms with van der Waals surface area (Å²) in [6, 6.07) is 10.5. The molecule has 1 aromatic carbocycles. The number of nitrogens with two attached hydrogens (primary N) is 7. The van der Waals surface area contributed by atoms with E-state index in [4.69, 9.17) is 63.5 Å². The molecule has 1 aromatic rings. The molecule has 0 atom stereocenters. The highest BCUT2D eigenvalue weighted by atomic mass is 16.5. The minimum absolute atomic E-state index is 0. The summed E-state index contributed by atoms with van der Waals surface area (Å²) in [5.74, 6) is 2.88. The molecule has 0 aliphatic carbocycles. The summed E-state index contributed by atoms with van der Waals surface area (Å²) in [6.45, 7) is 65.0. The highest BCUT2D eigenvalue weighted by molar-refractivity contribution is 5.73. The van der Waals surface area contributed by atoms with E-state index >= 15 is 0 Å². The van der Waals surface area contributed by atoms with E-state index in [9.17, 15) is 4.79 Å². The Morgan fingerprint density at radius 1 is 0.488 bits per heavy atom. The third-order valence-corrected chi connectivity index (χ3v) is 6.37. The van der Waals surface area contributed by atoms with Crippen molar-refractivity contribution in [3.05, 3.63) is 35.9 Å². The average Bonchev–Trinajstić information content (AvgIpc) is 3.56. The van der Waals surface area contributed by atoms with Crippen LogP contribution in [0.2, 0.25) is 0 Å². The van der Waals surface area contributed by atoms with Crippen molar-refractivity contribution in [1.29, 1.82) is 0 Å². The predicted octanol–water partition coefficient (Wildman–Crippen LogP) is 9.10. The second kappa shape index (κ2) is 289. The summed E-state index contributed by atoms with van der Waals surface area (Å²) < 4.78 is 5.23. The Hall–Kier alpha value is -5.09. The van der Waals surface area contributed by atoms with Crippen molar-refractivity contribution in [2.24, 2.45) is 57.9 Å². The van der Waals surface area contributed by atoms with Crippen LogP contribution in [-0.4, -0.2) is 164 Å². The number of carbonyl (C=O) groups excluding carboxylic acids is 11. The van der Waals surface area contributed by atoms with Gasteiger partial charge in [0.25, 0.3) is 0 Å². The number of piperidine rings is 1. The Morgan fingerprint density at radius 3 is 0.738 bits per heavy atom. The summed E-state index contributed by atoms with van der Waals surface area (Å²) in [7, 11) is 9.00. The van der Waals surface area contributed by atoms with Crippen LogP contribution in [0, 0.1) is 17.8 Å². The fraction of sp³-hybridized carbons (Fsp3) is 0.717. The first kappa shape index (κ1) is 171. The fourth-order valence-corrected chi connectivity index (χ4v) is 2.36. The van der Waals surface area contributed by atoms with Crippen LogP contribution in [0.25, 0.3) is 0 Å². The second-order valence-corrected chi connectivity index (χ2v) is 14.2. The number of nitrogens with zero attached hydrogens (tertiary/aromatic N) is 1. The number of likely N-dealkylation sites (tertiary alicyclic amines) is 1. The van der Waals surface area contributed by atoms with Crippen molar-refractivity contribution < 1.29 is 62.6 Å². The zero-order valence-corrected chi connectivity index (χ0v) is 60.2. The van der Waals surface area contributed by atoms with Gasteiger partial charge in [0.2, 0.25) is 5.91 Å². The van der Waals surface area contributed by atoms with E-state index < -0.39 is 0 Å². The lowest BCUT2D eigenvalue weighted by Crippen LogP contribution is -2.33. The topological polar surface area (TPSA) is 508 Å². The lowest BCUT2D eigenvalue weighted by Gasteiger charge is -2.24. The van der Waals surface area contributed by atoms with E-state index in [2.05, 4.69) is 156 Å². The van der Waals surface area contributed by atoms with E-state index in [-0.39, 0.29) is 36.1 Å². The molecular weight excluding hydrogens is 1080 g/mol. The smallest absolute Gasteiger partial charge is 0.219 e. The van der Waals surface area contributed by atoms with E-state index in [1.165, 1.54) is 86.4 Å². The van der Waals surface area contributed by atoms with Crippen LogP contribution >= 0.6 is 0 Å². The lowest BCUT2D eigenvalue weighted by molar-refractivity contribution is -0.129. The van der Waals surface area contributed by atoms with Crippen molar-refractivity contribution in [1.82, 2.24) is 23.4 Å². The van der Waals surface area contributed by atoms with Gasteiger partial charge in [-0.1, -0.05) is 140 Å². The van der Waals surface area contributed by atoms with Gasteiger partial charge in [-0.05, 0) is 146 Å². The van der Waals surface area contributed by atoms with Gasteiger partial charge in [-0.25, -0.2) is 0 Å². The van der Waals surface area contributed by atoms with Crippen molar-refractivity contribution in [2.75, 3.05) is 68.5 Å². The molecule has 1 fully saturated rings. The number of hydrogen-bond donors (Lipinski definition) is 11. The first-order chi connectivity index (χ1) is 38.8. The molecule has 0 aromatic heterocycles. The van der Waals surface area contributed by atoms with Gasteiger partial charge in [0.1, 0.15) is 67.9 Å². The van der Waals surface area contributed by atoms with Crippen molar-refractivity contribution in [3.8, 4) is 0 Å². The van der Waals surface area contributed by atoms with Gasteiger partial charge in [-0.3, -0.25) is 4.79 Å². The highest BCUT2D eigenvalue weighted by Crippen LogP contribution is 2.08. The molecule has 84 heavy (non-hydrogen) atoms. The number of hydrogen-bond acceptors (Lipinski definition) is 23. The molecule has 1 aliphatic rings. The highest BCUT2D eigenvalue weighted by Gasteiger charge is 2.11. The van der Waals surface area contributed by atoms with Gasteiger partial charge in [0, 0.05) is 32.7 Å². The molecule has 1 saturated heterocycles. The predicted molar refractivity (Wildman–Crippen MR) is 374 cm³/mol. The maximum atomic E-state index is 10.7. The van der Waals surface area contributed by atoms with Gasteiger partial charge >= 0.3 is 0 Å². The molecule has 0 radical (unpaired) electrons. The van der Waals surface area contributed by atoms with Crippen LogP contribution in [0.5, 0.6) is 0 Å². The van der Waals surface area contributed by atoms with Gasteiger partial charge in [0.15, 0.2) is 0 Å². The first-order valence-corrected chi connectivity index (χ1v) is 26.4. The molecule has 0 unspecified atom stereocenters. The zero-order chi connectivity index (χ0) is 72.3. The largest absolute Gasteiger partial charge is 0.394 e. The Kier molecular flexibility index (Phi) is 589. The Bertz CT molecular complexity index is 822. The second-order valence-electron chi connectivity index (χ2n) is 14.2. The number of ether oxygens (including phenoxy) is 1. The number of benzene rings is 1. The van der Waals surface area contributed by atoms with Crippen LogP contribution in [0.4, 0.5) is 0 Å². The first-order valence-electron chi connectivity index (χ1n) is 26.4. The number of amides is 1. The quantitative estimate of drug-likeness (QED) is 0.126. The molecule has 24 heteroatoms. The molecule has 24 nitrogen and oxygen atoms in total. The minimum Gasteiger partial charge on any atom is -0.394 e. The van der Waals surface area contributed by atoms with Crippen molar-refractivity contribution in [2.45, 2.75) is 202 Å². The average molecular weight is 1240 g/mol. The van der Waals surface area contributed by atoms with E-state index in [1.54, 1.807) is 20.8 Å². The lowest BCUT2D eigenvalue weighted by atomic mass is 10.1. The number of aryl methyl sites for hydroxylation is 1. The van der Waals surface area contributed by atoms with Crippen LogP contribution in [0.1, 0.15) is 189 Å². The SMILES string of the molecule is C=O.C=O.C=O.C=O.C=O.C=O.C=O.C=O.C=O.C=O.CC.CC(=O)N1CCCCC1.CC(C)O.CCC(C)C.CCC(C)C.CCC(C)C.CCCN.CCOC(C)(C)C.CCc1ccccc1.CN.CN.CN.CN.CN.CN.N.N.N. The number of aliphatic hydroxyl groups excluding tert-OH is 1. The monoisotopic (exact) mass is 1240 g/mol. The van der Waals surface area contributed by atoms with Crippen molar-refractivity contribution >= 4 is 73.8 Å². The summed E-state index contributed by atoms with van der Waals surface area (Å²) in [5, 5.41) is 8.06. The molecule has 1 aliphatic heterocycles. The van der Waals surface area contributed by atoms with E-state index in [1.807, 2.05) is 99.6 Å². The standard InChI is InChI=1S/C8H10.C7H13NO.C6H14O.3C5H12.C3H9N.C3H8O.C2H6.6CH5N.10CH2O.3H3N/c1-2-8-6-4-3-5-7-8;1-7(9)8-5-3-2-4-6-8;1-5-7-6(2,3)4;3*1-4-5(2)3;1-2-3-4;1-3(2)4;17*1-2;;;/h3-7H,2H2,1H3;2-6H2,1H3;5H2,1-4H3;3*5H,4H2,1-3H3;2-4H2,1H3;3-4H,1-2H3;1-2H3;6*2H2,1H3;10*1H2;3*1H3. The number of rotatable bonds is 6. The summed E-state index contributed by atoms with van der Waals surface area (Å²) >= 11 is 0. The maximum Gasteiger partial charge on any atom is 0.219 e. The molecule has 0 bridgehead atoms. The summed E-state index contributed by atoms with van der Waals surface area (Å²) in [6.07, 6.45) is 9.67. The zero-order valence-electron chi connectivity index (χ0n) is 60.2. The third kappa shape index (κ3) is 569. The molecular formula is C60H155N11O13. The van der Waals surface area contributed by atoms with Crippen LogP contribution in [0.15, 0.2) is 30.3 Å². The molecule has 1 amide bonds. The third-order valence-electron chi connectivity index (χ3n) is 6.37. The van der Waals surface area contributed by atoms with E-state index in [0.717, 1.165) is 56.8 Å². The van der Waals surface area contributed by atoms with Gasteiger partial charge in [-0.15, -0.1) is 0 Å². The van der Waals surface area contributed by atoms with Gasteiger partial charge in [-0.2, -0.15) is 0 Å². The molecule has 528 valence electrons. The number of carbonyl (C=O) groups is 11. The molecule has 1 heterocycles. The molecule has 2 rings (SSSR count). The summed E-state index contributed by atoms with van der Waals surface area (Å²) in [4.78, 5) is 92.6. The van der Waals surface area contributed by atoms with Crippen LogP contribution in [-0.2, 0) is 63.9 Å². The molecule has 24 N–H and O–H groups in total. The number of aliphatic hydroxyl groups is 1. The Balaban J connectivity index is -0.0000000178. The normalized spacial score (nSPS) is 7.48. The minimum atomic E-state index is -0.167. The van der Waals surface area contributed by atoms with E-state index in [0.29, 0.717) is 0 Å². The maximum absolute atomic E-state index is 10.7. The van der Waals surface area contributed by atoms with Crippen molar-refractivity contribution in [3.63, 3.8) is 0 Å². The van der Waals surface area contributed by atoms with Gasteiger partial charge < -0.3 is 121 Å². The van der Waals surface area contributed by atoms with Crippen LogP contribution in [0.3, 0.4) is 0 Å². The Labute approximate surface area is 522 Å². The molecule has 0 saturated carbocycles. The van der Waals surface area contributed by atoms with Gasteiger partial charge in [0.05, 0.1) is 5.60 Å². The summed E-state index contributed by atoms with van der Waals surface area (Å²) in [5.41, 5.74) is 33.5. The fourth-order valence-electron chi connectivity index (χ4n) is 2.36. The van der Waals surface area contributed by atoms with Crippen LogP contribution < -0.4 is 58.6 Å². The molecule has 0 spiro atoms. The Morgan fingerprint density at radius 2 is 0.667 bits per heavy atom.